The SMILES string of the molecule is CC[C@@H](CC(=O)[C@H](N)C(C)C)c1ccccc1.Cl. The van der Waals surface area contributed by atoms with Crippen molar-refractivity contribution in [1.29, 1.82) is 0 Å². The minimum atomic E-state index is -0.326. The van der Waals surface area contributed by atoms with E-state index in [-0.39, 0.29) is 30.2 Å². The van der Waals surface area contributed by atoms with Crippen LogP contribution in [0, 0.1) is 5.92 Å². The van der Waals surface area contributed by atoms with E-state index in [1.807, 2.05) is 32.0 Å². The number of carbonyl (C=O) groups excluding carboxylic acids is 1. The summed E-state index contributed by atoms with van der Waals surface area (Å²) in [6, 6.07) is 9.88. The summed E-state index contributed by atoms with van der Waals surface area (Å²) < 4.78 is 0. The van der Waals surface area contributed by atoms with E-state index in [0.717, 1.165) is 6.42 Å². The summed E-state index contributed by atoms with van der Waals surface area (Å²) in [6.07, 6.45) is 1.53. The molecule has 0 amide bonds. The van der Waals surface area contributed by atoms with Gasteiger partial charge in [0, 0.05) is 6.42 Å². The number of rotatable bonds is 6. The lowest BCUT2D eigenvalue weighted by Crippen LogP contribution is -2.36. The first-order valence-corrected chi connectivity index (χ1v) is 6.39. The van der Waals surface area contributed by atoms with E-state index in [4.69, 9.17) is 5.73 Å². The molecule has 0 aliphatic heterocycles. The summed E-state index contributed by atoms with van der Waals surface area (Å²) in [7, 11) is 0. The number of carbonyl (C=O) groups is 1. The monoisotopic (exact) mass is 269 g/mol. The molecule has 0 aromatic heterocycles. The van der Waals surface area contributed by atoms with Gasteiger partial charge in [0.25, 0.3) is 0 Å². The van der Waals surface area contributed by atoms with Crippen molar-refractivity contribution in [2.75, 3.05) is 0 Å². The lowest BCUT2D eigenvalue weighted by Gasteiger charge is -2.19. The van der Waals surface area contributed by atoms with Gasteiger partial charge in [0.15, 0.2) is 0 Å². The molecule has 0 bridgehead atoms. The molecule has 1 rings (SSSR count). The number of hydrogen-bond acceptors (Lipinski definition) is 2. The Balaban J connectivity index is 0.00000289. The largest absolute Gasteiger partial charge is 0.321 e. The van der Waals surface area contributed by atoms with Gasteiger partial charge >= 0.3 is 0 Å². The first kappa shape index (κ1) is 17.1. The van der Waals surface area contributed by atoms with Gasteiger partial charge in [-0.25, -0.2) is 0 Å². The van der Waals surface area contributed by atoms with E-state index in [1.165, 1.54) is 5.56 Å². The van der Waals surface area contributed by atoms with E-state index < -0.39 is 0 Å². The Kier molecular flexibility index (Phi) is 7.88. The summed E-state index contributed by atoms with van der Waals surface area (Å²) in [5, 5.41) is 0. The molecule has 2 atom stereocenters. The molecule has 0 radical (unpaired) electrons. The standard InChI is InChI=1S/C15H23NO.ClH/c1-4-12(13-8-6-5-7-9-13)10-14(17)15(16)11(2)3;/h5-9,11-12,15H,4,10,16H2,1-3H3;1H/t12-,15+;/m0./s1. The molecule has 0 aliphatic carbocycles. The maximum atomic E-state index is 12.0. The zero-order chi connectivity index (χ0) is 12.8. The van der Waals surface area contributed by atoms with E-state index >= 15 is 0 Å². The van der Waals surface area contributed by atoms with Crippen molar-refractivity contribution in [2.24, 2.45) is 11.7 Å². The molecule has 0 heterocycles. The van der Waals surface area contributed by atoms with Crippen LogP contribution in [0.5, 0.6) is 0 Å². The van der Waals surface area contributed by atoms with Crippen LogP contribution < -0.4 is 5.73 Å². The van der Waals surface area contributed by atoms with Gasteiger partial charge in [-0.2, -0.15) is 0 Å². The Labute approximate surface area is 116 Å². The van der Waals surface area contributed by atoms with Gasteiger partial charge in [0.2, 0.25) is 0 Å². The van der Waals surface area contributed by atoms with Crippen LogP contribution in [0.3, 0.4) is 0 Å². The van der Waals surface area contributed by atoms with Crippen LogP contribution in [-0.2, 0) is 4.79 Å². The molecule has 1 aromatic rings. The third-order valence-electron chi connectivity index (χ3n) is 3.30. The minimum Gasteiger partial charge on any atom is -0.321 e. The number of hydrogen-bond donors (Lipinski definition) is 1. The van der Waals surface area contributed by atoms with Crippen molar-refractivity contribution < 1.29 is 4.79 Å². The average Bonchev–Trinajstić information content (AvgIpc) is 2.35. The Morgan fingerprint density at radius 3 is 2.22 bits per heavy atom. The topological polar surface area (TPSA) is 43.1 Å². The Hall–Kier alpha value is -0.860. The second-order valence-electron chi connectivity index (χ2n) is 4.96. The molecule has 0 spiro atoms. The first-order valence-electron chi connectivity index (χ1n) is 6.39. The second-order valence-corrected chi connectivity index (χ2v) is 4.96. The summed E-state index contributed by atoms with van der Waals surface area (Å²) in [6.45, 7) is 6.10. The molecule has 0 unspecified atom stereocenters. The zero-order valence-corrected chi connectivity index (χ0v) is 12.2. The van der Waals surface area contributed by atoms with E-state index in [1.54, 1.807) is 0 Å². The fourth-order valence-electron chi connectivity index (χ4n) is 1.97. The zero-order valence-electron chi connectivity index (χ0n) is 11.4. The Bertz CT molecular complexity index is 351. The molecule has 2 N–H and O–H groups in total. The van der Waals surface area contributed by atoms with Gasteiger partial charge in [-0.05, 0) is 23.8 Å². The van der Waals surface area contributed by atoms with Gasteiger partial charge in [-0.3, -0.25) is 4.79 Å². The lowest BCUT2D eigenvalue weighted by atomic mass is 9.87. The highest BCUT2D eigenvalue weighted by Crippen LogP contribution is 2.24. The van der Waals surface area contributed by atoms with Crippen LogP contribution in [0.25, 0.3) is 0 Å². The quantitative estimate of drug-likeness (QED) is 0.858. The summed E-state index contributed by atoms with van der Waals surface area (Å²) in [5.41, 5.74) is 7.13. The molecular formula is C15H24ClNO. The van der Waals surface area contributed by atoms with Crippen molar-refractivity contribution >= 4 is 18.2 Å². The molecule has 18 heavy (non-hydrogen) atoms. The predicted octanol–water partition coefficient (Wildman–Crippen LogP) is 3.54. The van der Waals surface area contributed by atoms with Crippen molar-refractivity contribution in [3.63, 3.8) is 0 Å². The van der Waals surface area contributed by atoms with E-state index in [9.17, 15) is 4.79 Å². The highest BCUT2D eigenvalue weighted by molar-refractivity contribution is 5.85. The first-order chi connectivity index (χ1) is 8.06. The lowest BCUT2D eigenvalue weighted by molar-refractivity contribution is -0.121. The molecule has 102 valence electrons. The predicted molar refractivity (Wildman–Crippen MR) is 79.2 cm³/mol. The molecular weight excluding hydrogens is 246 g/mol. The smallest absolute Gasteiger partial charge is 0.150 e. The van der Waals surface area contributed by atoms with Crippen molar-refractivity contribution in [3.8, 4) is 0 Å². The van der Waals surface area contributed by atoms with Gasteiger partial charge in [-0.15, -0.1) is 12.4 Å². The van der Waals surface area contributed by atoms with Crippen LogP contribution >= 0.6 is 12.4 Å². The average molecular weight is 270 g/mol. The molecule has 0 aliphatic rings. The number of benzene rings is 1. The third kappa shape index (κ3) is 4.79. The molecule has 0 saturated heterocycles. The number of Topliss-reactive ketones (excluding diaryl/α,β-unsaturated/α-hetero) is 1. The van der Waals surface area contributed by atoms with Crippen LogP contribution in [-0.4, -0.2) is 11.8 Å². The highest BCUT2D eigenvalue weighted by Gasteiger charge is 2.21. The molecule has 0 saturated carbocycles. The van der Waals surface area contributed by atoms with Gasteiger partial charge in [-0.1, -0.05) is 51.1 Å². The summed E-state index contributed by atoms with van der Waals surface area (Å²) >= 11 is 0. The van der Waals surface area contributed by atoms with Gasteiger partial charge in [0.05, 0.1) is 6.04 Å². The fourth-order valence-corrected chi connectivity index (χ4v) is 1.97. The summed E-state index contributed by atoms with van der Waals surface area (Å²) in [5.74, 6) is 0.694. The minimum absolute atomic E-state index is 0. The highest BCUT2D eigenvalue weighted by atomic mass is 35.5. The van der Waals surface area contributed by atoms with E-state index in [0.29, 0.717) is 12.3 Å². The summed E-state index contributed by atoms with van der Waals surface area (Å²) in [4.78, 5) is 12.0. The van der Waals surface area contributed by atoms with Crippen molar-refractivity contribution in [1.82, 2.24) is 0 Å². The number of halogens is 1. The van der Waals surface area contributed by atoms with Crippen molar-refractivity contribution in [3.05, 3.63) is 35.9 Å². The normalized spacial score (nSPS) is 13.8. The van der Waals surface area contributed by atoms with Crippen LogP contribution in [0.15, 0.2) is 30.3 Å². The maximum Gasteiger partial charge on any atom is 0.150 e. The van der Waals surface area contributed by atoms with Gasteiger partial charge < -0.3 is 5.73 Å². The Morgan fingerprint density at radius 2 is 1.78 bits per heavy atom. The fraction of sp³-hybridized carbons (Fsp3) is 0.533. The Morgan fingerprint density at radius 1 is 1.22 bits per heavy atom. The van der Waals surface area contributed by atoms with Gasteiger partial charge in [0.1, 0.15) is 5.78 Å². The molecule has 0 fully saturated rings. The van der Waals surface area contributed by atoms with Crippen LogP contribution in [0.4, 0.5) is 0 Å². The van der Waals surface area contributed by atoms with E-state index in [2.05, 4.69) is 19.1 Å². The van der Waals surface area contributed by atoms with Crippen molar-refractivity contribution in [2.45, 2.75) is 45.6 Å². The number of nitrogens with two attached hydrogens (primary N) is 1. The van der Waals surface area contributed by atoms with Crippen LogP contribution in [0.1, 0.15) is 45.1 Å². The maximum absolute atomic E-state index is 12.0. The van der Waals surface area contributed by atoms with Crippen LogP contribution in [0.2, 0.25) is 0 Å². The third-order valence-corrected chi connectivity index (χ3v) is 3.30. The second kappa shape index (κ2) is 8.28. The molecule has 2 nitrogen and oxygen atoms in total. The molecule has 3 heteroatoms. The number of ketones is 1. The molecule has 1 aromatic carbocycles.